The second-order valence-electron chi connectivity index (χ2n) is 4.65. The molecule has 2 nitrogen and oxygen atoms in total. The molecule has 1 N–H and O–H groups in total. The summed E-state index contributed by atoms with van der Waals surface area (Å²) in [4.78, 5) is 2.54. The summed E-state index contributed by atoms with van der Waals surface area (Å²) in [5.74, 6) is 0. The second-order valence-corrected chi connectivity index (χ2v) is 4.65. The Kier molecular flexibility index (Phi) is 3.97. The van der Waals surface area contributed by atoms with E-state index in [1.165, 1.54) is 24.9 Å². The zero-order valence-electron chi connectivity index (χ0n) is 10.3. The standard InChI is InChI=1S/C14H22N2/c1-3-14(12-7-5-4-6-8-12)16(2)13-9-10-15-11-13/h4-8,13-15H,3,9-11H2,1-2H3. The number of hydrogen-bond acceptors (Lipinski definition) is 2. The molecule has 0 spiro atoms. The molecule has 1 aromatic carbocycles. The Balaban J connectivity index is 2.09. The predicted molar refractivity (Wildman–Crippen MR) is 68.5 cm³/mol. The van der Waals surface area contributed by atoms with Crippen LogP contribution in [0, 0.1) is 0 Å². The average Bonchev–Trinajstić information content (AvgIpc) is 2.85. The molecule has 1 aliphatic rings. The minimum atomic E-state index is 0.561. The molecule has 2 unspecified atom stereocenters. The first kappa shape index (κ1) is 11.6. The lowest BCUT2D eigenvalue weighted by molar-refractivity contribution is 0.179. The molecule has 0 radical (unpaired) electrons. The van der Waals surface area contributed by atoms with Gasteiger partial charge in [0.15, 0.2) is 0 Å². The van der Waals surface area contributed by atoms with E-state index < -0.39 is 0 Å². The van der Waals surface area contributed by atoms with Gasteiger partial charge in [-0.3, -0.25) is 4.90 Å². The highest BCUT2D eigenvalue weighted by Crippen LogP contribution is 2.26. The molecule has 1 heterocycles. The molecule has 1 saturated heterocycles. The molecular weight excluding hydrogens is 196 g/mol. The van der Waals surface area contributed by atoms with Gasteiger partial charge in [-0.15, -0.1) is 0 Å². The molecule has 2 heteroatoms. The Morgan fingerprint density at radius 3 is 2.69 bits per heavy atom. The minimum Gasteiger partial charge on any atom is -0.315 e. The Bertz CT molecular complexity index is 304. The Labute approximate surface area is 98.7 Å². The van der Waals surface area contributed by atoms with Gasteiger partial charge in [-0.2, -0.15) is 0 Å². The lowest BCUT2D eigenvalue weighted by atomic mass is 10.0. The molecule has 0 bridgehead atoms. The number of likely N-dealkylation sites (N-methyl/N-ethyl adjacent to an activating group) is 1. The van der Waals surface area contributed by atoms with E-state index in [0.717, 1.165) is 6.54 Å². The molecule has 0 aliphatic carbocycles. The van der Waals surface area contributed by atoms with Gasteiger partial charge in [-0.1, -0.05) is 37.3 Å². The fourth-order valence-electron chi connectivity index (χ4n) is 2.68. The fraction of sp³-hybridized carbons (Fsp3) is 0.571. The van der Waals surface area contributed by atoms with E-state index in [1.54, 1.807) is 0 Å². The highest BCUT2D eigenvalue weighted by molar-refractivity contribution is 5.19. The van der Waals surface area contributed by atoms with Gasteiger partial charge in [0.1, 0.15) is 0 Å². The summed E-state index contributed by atoms with van der Waals surface area (Å²) in [5, 5.41) is 3.44. The third kappa shape index (κ3) is 2.45. The van der Waals surface area contributed by atoms with Crippen LogP contribution in [-0.2, 0) is 0 Å². The molecule has 0 aromatic heterocycles. The van der Waals surface area contributed by atoms with Gasteiger partial charge in [-0.25, -0.2) is 0 Å². The molecule has 1 aliphatic heterocycles. The molecule has 16 heavy (non-hydrogen) atoms. The summed E-state index contributed by atoms with van der Waals surface area (Å²) in [6.45, 7) is 4.58. The van der Waals surface area contributed by atoms with Gasteiger partial charge in [0.25, 0.3) is 0 Å². The predicted octanol–water partition coefficient (Wildman–Crippen LogP) is 2.43. The SMILES string of the molecule is CCC(c1ccccc1)N(C)C1CCNC1. The van der Waals surface area contributed by atoms with Crippen molar-refractivity contribution in [2.75, 3.05) is 20.1 Å². The summed E-state index contributed by atoms with van der Waals surface area (Å²) >= 11 is 0. The largest absolute Gasteiger partial charge is 0.315 e. The maximum Gasteiger partial charge on any atom is 0.0345 e. The van der Waals surface area contributed by atoms with Gasteiger partial charge in [0.05, 0.1) is 0 Å². The lowest BCUT2D eigenvalue weighted by Crippen LogP contribution is -2.36. The molecule has 0 amide bonds. The highest BCUT2D eigenvalue weighted by Gasteiger charge is 2.25. The van der Waals surface area contributed by atoms with Crippen molar-refractivity contribution >= 4 is 0 Å². The normalized spacial score (nSPS) is 22.6. The van der Waals surface area contributed by atoms with Gasteiger partial charge < -0.3 is 5.32 Å². The van der Waals surface area contributed by atoms with Crippen molar-refractivity contribution in [2.24, 2.45) is 0 Å². The Hall–Kier alpha value is -0.860. The van der Waals surface area contributed by atoms with Crippen LogP contribution < -0.4 is 5.32 Å². The maximum absolute atomic E-state index is 3.44. The van der Waals surface area contributed by atoms with Crippen molar-refractivity contribution in [1.29, 1.82) is 0 Å². The van der Waals surface area contributed by atoms with Crippen LogP contribution in [-0.4, -0.2) is 31.1 Å². The molecule has 2 atom stereocenters. The van der Waals surface area contributed by atoms with E-state index in [-0.39, 0.29) is 0 Å². The van der Waals surface area contributed by atoms with Crippen molar-refractivity contribution in [1.82, 2.24) is 10.2 Å². The van der Waals surface area contributed by atoms with Gasteiger partial charge in [-0.05, 0) is 32.0 Å². The topological polar surface area (TPSA) is 15.3 Å². The van der Waals surface area contributed by atoms with Crippen molar-refractivity contribution in [3.63, 3.8) is 0 Å². The van der Waals surface area contributed by atoms with E-state index in [1.807, 2.05) is 0 Å². The van der Waals surface area contributed by atoms with Gasteiger partial charge in [0.2, 0.25) is 0 Å². The number of rotatable bonds is 4. The quantitative estimate of drug-likeness (QED) is 0.835. The van der Waals surface area contributed by atoms with E-state index in [2.05, 4.69) is 54.5 Å². The van der Waals surface area contributed by atoms with Crippen molar-refractivity contribution in [3.05, 3.63) is 35.9 Å². The van der Waals surface area contributed by atoms with E-state index in [4.69, 9.17) is 0 Å². The number of nitrogens with one attached hydrogen (secondary N) is 1. The molecular formula is C14H22N2. The molecule has 0 saturated carbocycles. The van der Waals surface area contributed by atoms with Gasteiger partial charge in [0, 0.05) is 18.6 Å². The van der Waals surface area contributed by atoms with E-state index >= 15 is 0 Å². The van der Waals surface area contributed by atoms with Crippen molar-refractivity contribution in [2.45, 2.75) is 31.8 Å². The second kappa shape index (κ2) is 5.46. The van der Waals surface area contributed by atoms with Crippen LogP contribution in [0.1, 0.15) is 31.4 Å². The highest BCUT2D eigenvalue weighted by atomic mass is 15.2. The fourth-order valence-corrected chi connectivity index (χ4v) is 2.68. The molecule has 88 valence electrons. The Morgan fingerprint density at radius 1 is 1.38 bits per heavy atom. The van der Waals surface area contributed by atoms with Crippen molar-refractivity contribution in [3.8, 4) is 0 Å². The zero-order valence-corrected chi connectivity index (χ0v) is 10.3. The third-order valence-electron chi connectivity index (χ3n) is 3.67. The number of benzene rings is 1. The van der Waals surface area contributed by atoms with Crippen LogP contribution in [0.25, 0.3) is 0 Å². The smallest absolute Gasteiger partial charge is 0.0345 e. The van der Waals surface area contributed by atoms with Crippen LogP contribution in [0.5, 0.6) is 0 Å². The maximum atomic E-state index is 3.44. The van der Waals surface area contributed by atoms with Crippen molar-refractivity contribution < 1.29 is 0 Å². The first-order valence-electron chi connectivity index (χ1n) is 6.30. The van der Waals surface area contributed by atoms with Crippen LogP contribution in [0.15, 0.2) is 30.3 Å². The molecule has 2 rings (SSSR count). The van der Waals surface area contributed by atoms with Gasteiger partial charge >= 0.3 is 0 Å². The zero-order chi connectivity index (χ0) is 11.4. The minimum absolute atomic E-state index is 0.561. The van der Waals surface area contributed by atoms with Crippen LogP contribution in [0.3, 0.4) is 0 Å². The first-order valence-corrected chi connectivity index (χ1v) is 6.30. The van der Waals surface area contributed by atoms with Crippen LogP contribution >= 0.6 is 0 Å². The Morgan fingerprint density at radius 2 is 2.12 bits per heavy atom. The monoisotopic (exact) mass is 218 g/mol. The third-order valence-corrected chi connectivity index (χ3v) is 3.67. The summed E-state index contributed by atoms with van der Waals surface area (Å²) in [5.41, 5.74) is 1.44. The first-order chi connectivity index (χ1) is 7.83. The number of nitrogens with zero attached hydrogens (tertiary/aromatic N) is 1. The molecule has 1 aromatic rings. The molecule has 1 fully saturated rings. The lowest BCUT2D eigenvalue weighted by Gasteiger charge is -2.32. The summed E-state index contributed by atoms with van der Waals surface area (Å²) in [6, 6.07) is 12.1. The summed E-state index contributed by atoms with van der Waals surface area (Å²) < 4.78 is 0. The van der Waals surface area contributed by atoms with Crippen LogP contribution in [0.4, 0.5) is 0 Å². The summed E-state index contributed by atoms with van der Waals surface area (Å²) in [7, 11) is 2.26. The summed E-state index contributed by atoms with van der Waals surface area (Å²) in [6.07, 6.45) is 2.46. The van der Waals surface area contributed by atoms with Crippen LogP contribution in [0.2, 0.25) is 0 Å². The average molecular weight is 218 g/mol. The van der Waals surface area contributed by atoms with E-state index in [9.17, 15) is 0 Å². The number of hydrogen-bond donors (Lipinski definition) is 1. The van der Waals surface area contributed by atoms with E-state index in [0.29, 0.717) is 12.1 Å².